The molecular formula is C28H42O2. The Hall–Kier alpha value is -1.74. The van der Waals surface area contributed by atoms with Crippen molar-refractivity contribution in [1.29, 1.82) is 0 Å². The zero-order valence-corrected chi connectivity index (χ0v) is 19.7. The van der Waals surface area contributed by atoms with Gasteiger partial charge in [0.1, 0.15) is 11.2 Å². The molecule has 0 aliphatic heterocycles. The van der Waals surface area contributed by atoms with Crippen LogP contribution < -0.4 is 0 Å². The Kier molecular flexibility index (Phi) is 12.5. The van der Waals surface area contributed by atoms with Gasteiger partial charge in [0.2, 0.25) is 0 Å². The molecule has 0 aliphatic rings. The summed E-state index contributed by atoms with van der Waals surface area (Å²) in [6.45, 7) is 8.55. The summed E-state index contributed by atoms with van der Waals surface area (Å²) in [5, 5.41) is 21.8. The maximum atomic E-state index is 10.9. The van der Waals surface area contributed by atoms with Gasteiger partial charge in [-0.2, -0.15) is 0 Å². The molecule has 0 unspecified atom stereocenters. The highest BCUT2D eigenvalue weighted by molar-refractivity contribution is 5.43. The van der Waals surface area contributed by atoms with Crippen LogP contribution in [0.4, 0.5) is 0 Å². The van der Waals surface area contributed by atoms with Gasteiger partial charge in [0.05, 0.1) is 0 Å². The Bertz CT molecular complexity index is 630. The lowest BCUT2D eigenvalue weighted by molar-refractivity contribution is 0.0770. The maximum Gasteiger partial charge on any atom is 0.125 e. The predicted octanol–water partition coefficient (Wildman–Crippen LogP) is 6.61. The molecule has 0 aliphatic carbocycles. The number of unbranched alkanes of at least 4 members (excludes halogenated alkanes) is 4. The van der Waals surface area contributed by atoms with Gasteiger partial charge in [-0.25, -0.2) is 0 Å². The quantitative estimate of drug-likeness (QED) is 0.380. The second-order valence-corrected chi connectivity index (χ2v) is 8.55. The van der Waals surface area contributed by atoms with Crippen LogP contribution in [0, 0.1) is 23.7 Å². The molecular weight excluding hydrogens is 368 g/mol. The van der Waals surface area contributed by atoms with Gasteiger partial charge in [-0.1, -0.05) is 77.1 Å². The SMILES string of the molecule is CCCCC(O)(C#Cc1ccc(C#CC(O)(CCCC)CCCC)cc1)CCCC. The van der Waals surface area contributed by atoms with Crippen LogP contribution in [0.2, 0.25) is 0 Å². The van der Waals surface area contributed by atoms with E-state index in [-0.39, 0.29) is 0 Å². The number of hydrogen-bond acceptors (Lipinski definition) is 2. The van der Waals surface area contributed by atoms with Gasteiger partial charge in [0.25, 0.3) is 0 Å². The van der Waals surface area contributed by atoms with Crippen LogP contribution in [0.15, 0.2) is 24.3 Å². The first-order chi connectivity index (χ1) is 14.4. The summed E-state index contributed by atoms with van der Waals surface area (Å²) < 4.78 is 0. The van der Waals surface area contributed by atoms with Crippen LogP contribution in [-0.4, -0.2) is 21.4 Å². The molecule has 0 aromatic heterocycles. The number of hydrogen-bond donors (Lipinski definition) is 2. The van der Waals surface area contributed by atoms with E-state index in [9.17, 15) is 10.2 Å². The van der Waals surface area contributed by atoms with Crippen molar-refractivity contribution in [3.8, 4) is 23.7 Å². The highest BCUT2D eigenvalue weighted by atomic mass is 16.3. The van der Waals surface area contributed by atoms with Crippen LogP contribution in [-0.2, 0) is 0 Å². The van der Waals surface area contributed by atoms with E-state index in [1.165, 1.54) is 0 Å². The summed E-state index contributed by atoms with van der Waals surface area (Å²) in [7, 11) is 0. The number of benzene rings is 1. The summed E-state index contributed by atoms with van der Waals surface area (Å²) in [6, 6.07) is 7.81. The van der Waals surface area contributed by atoms with Crippen LogP contribution in [0.1, 0.15) is 116 Å². The zero-order chi connectivity index (χ0) is 22.3. The Morgan fingerprint density at radius 2 is 0.833 bits per heavy atom. The highest BCUT2D eigenvalue weighted by Crippen LogP contribution is 2.22. The molecule has 1 aromatic carbocycles. The minimum Gasteiger partial charge on any atom is -0.378 e. The summed E-state index contributed by atoms with van der Waals surface area (Å²) >= 11 is 0. The molecule has 0 spiro atoms. The lowest BCUT2D eigenvalue weighted by atomic mass is 9.91. The molecule has 2 N–H and O–H groups in total. The second kappa shape index (κ2) is 14.3. The fourth-order valence-corrected chi connectivity index (χ4v) is 3.39. The Labute approximate surface area is 185 Å². The third-order valence-corrected chi connectivity index (χ3v) is 5.54. The van der Waals surface area contributed by atoms with Crippen molar-refractivity contribution in [2.45, 2.75) is 116 Å². The average molecular weight is 411 g/mol. The molecule has 1 aromatic rings. The highest BCUT2D eigenvalue weighted by Gasteiger charge is 2.23. The molecule has 0 amide bonds. The van der Waals surface area contributed by atoms with Crippen molar-refractivity contribution in [3.05, 3.63) is 35.4 Å². The fourth-order valence-electron chi connectivity index (χ4n) is 3.39. The van der Waals surface area contributed by atoms with Gasteiger partial charge in [0, 0.05) is 11.1 Å². The lowest BCUT2D eigenvalue weighted by Crippen LogP contribution is -2.26. The third kappa shape index (κ3) is 10.3. The summed E-state index contributed by atoms with van der Waals surface area (Å²) in [5.74, 6) is 12.6. The summed E-state index contributed by atoms with van der Waals surface area (Å²) in [5.41, 5.74) is -0.00239. The predicted molar refractivity (Wildman–Crippen MR) is 128 cm³/mol. The first-order valence-corrected chi connectivity index (χ1v) is 12.0. The fraction of sp³-hybridized carbons (Fsp3) is 0.643. The van der Waals surface area contributed by atoms with Crippen LogP contribution in [0.3, 0.4) is 0 Å². The molecule has 0 bridgehead atoms. The van der Waals surface area contributed by atoms with Crippen LogP contribution in [0.25, 0.3) is 0 Å². The molecule has 0 saturated heterocycles. The molecule has 0 radical (unpaired) electrons. The largest absolute Gasteiger partial charge is 0.378 e. The van der Waals surface area contributed by atoms with E-state index in [0.717, 1.165) is 88.2 Å². The first-order valence-electron chi connectivity index (χ1n) is 12.0. The minimum atomic E-state index is -0.889. The molecule has 166 valence electrons. The molecule has 0 heterocycles. The third-order valence-electron chi connectivity index (χ3n) is 5.54. The first kappa shape index (κ1) is 26.3. The smallest absolute Gasteiger partial charge is 0.125 e. The van der Waals surface area contributed by atoms with E-state index >= 15 is 0 Å². The monoisotopic (exact) mass is 410 g/mol. The van der Waals surface area contributed by atoms with Crippen molar-refractivity contribution in [2.75, 3.05) is 0 Å². The molecule has 2 heteroatoms. The van der Waals surface area contributed by atoms with Crippen molar-refractivity contribution >= 4 is 0 Å². The minimum absolute atomic E-state index is 0.730. The number of aliphatic hydroxyl groups is 2. The van der Waals surface area contributed by atoms with E-state index in [4.69, 9.17) is 0 Å². The molecule has 0 fully saturated rings. The van der Waals surface area contributed by atoms with Crippen LogP contribution >= 0.6 is 0 Å². The molecule has 2 nitrogen and oxygen atoms in total. The van der Waals surface area contributed by atoms with Gasteiger partial charge in [-0.3, -0.25) is 0 Å². The number of rotatable bonds is 12. The maximum absolute atomic E-state index is 10.9. The zero-order valence-electron chi connectivity index (χ0n) is 19.7. The Balaban J connectivity index is 2.91. The van der Waals surface area contributed by atoms with E-state index in [0.29, 0.717) is 0 Å². The van der Waals surface area contributed by atoms with E-state index in [1.54, 1.807) is 0 Å². The van der Waals surface area contributed by atoms with Gasteiger partial charge in [0.15, 0.2) is 0 Å². The van der Waals surface area contributed by atoms with Gasteiger partial charge in [-0.05, 0) is 75.6 Å². The lowest BCUT2D eigenvalue weighted by Gasteiger charge is -2.22. The van der Waals surface area contributed by atoms with E-state index in [2.05, 4.69) is 51.4 Å². The molecule has 0 saturated carbocycles. The van der Waals surface area contributed by atoms with E-state index in [1.807, 2.05) is 24.3 Å². The Morgan fingerprint density at radius 1 is 0.567 bits per heavy atom. The molecule has 1 rings (SSSR count). The van der Waals surface area contributed by atoms with Gasteiger partial charge >= 0.3 is 0 Å². The molecule has 30 heavy (non-hydrogen) atoms. The van der Waals surface area contributed by atoms with Crippen molar-refractivity contribution in [1.82, 2.24) is 0 Å². The Morgan fingerprint density at radius 3 is 1.07 bits per heavy atom. The van der Waals surface area contributed by atoms with Crippen molar-refractivity contribution in [3.63, 3.8) is 0 Å². The van der Waals surface area contributed by atoms with Crippen LogP contribution in [0.5, 0.6) is 0 Å². The molecule has 0 atom stereocenters. The van der Waals surface area contributed by atoms with Gasteiger partial charge < -0.3 is 10.2 Å². The average Bonchev–Trinajstić information content (AvgIpc) is 2.77. The van der Waals surface area contributed by atoms with Gasteiger partial charge in [-0.15, -0.1) is 0 Å². The van der Waals surface area contributed by atoms with Crippen molar-refractivity contribution < 1.29 is 10.2 Å². The standard InChI is InChI=1S/C28H42O2/c1-5-9-19-27(29,20-10-6-2)23-17-25-13-15-26(16-14-25)18-24-28(30,21-11-7-3)22-12-8-4/h13-16,29-30H,5-12,19-22H2,1-4H3. The second-order valence-electron chi connectivity index (χ2n) is 8.55. The van der Waals surface area contributed by atoms with Crippen molar-refractivity contribution in [2.24, 2.45) is 0 Å². The normalized spacial score (nSPS) is 11.4. The summed E-state index contributed by atoms with van der Waals surface area (Å²) in [6.07, 6.45) is 11.1. The van der Waals surface area contributed by atoms with E-state index < -0.39 is 11.2 Å². The summed E-state index contributed by atoms with van der Waals surface area (Å²) in [4.78, 5) is 0. The topological polar surface area (TPSA) is 40.5 Å².